The van der Waals surface area contributed by atoms with E-state index in [9.17, 15) is 0 Å². The highest BCUT2D eigenvalue weighted by Crippen LogP contribution is 2.17. The fourth-order valence-corrected chi connectivity index (χ4v) is 3.36. The van der Waals surface area contributed by atoms with Crippen molar-refractivity contribution in [3.63, 3.8) is 0 Å². The van der Waals surface area contributed by atoms with Crippen molar-refractivity contribution < 1.29 is 9.47 Å². The first-order valence-electron chi connectivity index (χ1n) is 9.84. The Kier molecular flexibility index (Phi) is 13.1. The first kappa shape index (κ1) is 22.9. The molecule has 0 saturated heterocycles. The molecular weight excluding hydrogens is 348 g/mol. The Hall–Kier alpha value is -1.18. The van der Waals surface area contributed by atoms with Crippen LogP contribution in [0, 0.1) is 6.92 Å². The van der Waals surface area contributed by atoms with Crippen molar-refractivity contribution in [2.45, 2.75) is 53.4 Å². The average Bonchev–Trinajstić information content (AvgIpc) is 3.00. The van der Waals surface area contributed by atoms with Crippen LogP contribution in [0.5, 0.6) is 0 Å². The van der Waals surface area contributed by atoms with Crippen molar-refractivity contribution in [1.82, 2.24) is 15.6 Å². The number of aromatic nitrogens is 1. The van der Waals surface area contributed by atoms with Gasteiger partial charge in [-0.15, -0.1) is 11.3 Å². The fraction of sp³-hybridized carbons (Fsp3) is 0.789. The summed E-state index contributed by atoms with van der Waals surface area (Å²) in [5.74, 6) is 0.833. The molecule has 0 spiro atoms. The number of unbranched alkanes of at least 4 members (excludes halogenated alkanes) is 1. The maximum absolute atomic E-state index is 5.55. The molecule has 6 nitrogen and oxygen atoms in total. The predicted molar refractivity (Wildman–Crippen MR) is 110 cm³/mol. The van der Waals surface area contributed by atoms with Crippen LogP contribution in [0.25, 0.3) is 0 Å². The Morgan fingerprint density at radius 1 is 1.08 bits per heavy atom. The second-order valence-electron chi connectivity index (χ2n) is 5.98. The third kappa shape index (κ3) is 10.1. The molecule has 0 unspecified atom stereocenters. The molecule has 0 atom stereocenters. The molecule has 0 amide bonds. The van der Waals surface area contributed by atoms with E-state index in [0.29, 0.717) is 26.4 Å². The summed E-state index contributed by atoms with van der Waals surface area (Å²) in [6, 6.07) is 0. The average molecular weight is 385 g/mol. The third-order valence-corrected chi connectivity index (χ3v) is 4.84. The van der Waals surface area contributed by atoms with E-state index in [0.717, 1.165) is 51.3 Å². The maximum Gasteiger partial charge on any atom is 0.191 e. The zero-order valence-electron chi connectivity index (χ0n) is 16.9. The van der Waals surface area contributed by atoms with E-state index in [4.69, 9.17) is 9.47 Å². The zero-order valence-corrected chi connectivity index (χ0v) is 17.7. The van der Waals surface area contributed by atoms with Gasteiger partial charge in [-0.25, -0.2) is 4.98 Å². The summed E-state index contributed by atoms with van der Waals surface area (Å²) in [5.41, 5.74) is 1.22. The lowest BCUT2D eigenvalue weighted by Crippen LogP contribution is -2.38. The largest absolute Gasteiger partial charge is 0.379 e. The summed E-state index contributed by atoms with van der Waals surface area (Å²) in [6.07, 6.45) is 4.20. The van der Waals surface area contributed by atoms with E-state index in [2.05, 4.69) is 48.3 Å². The van der Waals surface area contributed by atoms with Crippen LogP contribution in [-0.2, 0) is 22.3 Å². The van der Waals surface area contributed by atoms with Crippen LogP contribution in [0.2, 0.25) is 0 Å². The molecule has 150 valence electrons. The van der Waals surface area contributed by atoms with Crippen LogP contribution in [0.3, 0.4) is 0 Å². The van der Waals surface area contributed by atoms with Gasteiger partial charge < -0.3 is 20.1 Å². The van der Waals surface area contributed by atoms with E-state index in [1.54, 1.807) is 11.3 Å². The van der Waals surface area contributed by atoms with Crippen LogP contribution in [0.15, 0.2) is 4.99 Å². The molecule has 0 fully saturated rings. The molecule has 26 heavy (non-hydrogen) atoms. The van der Waals surface area contributed by atoms with Crippen LogP contribution in [0.4, 0.5) is 0 Å². The Morgan fingerprint density at radius 2 is 1.85 bits per heavy atom. The molecule has 0 saturated carbocycles. The summed E-state index contributed by atoms with van der Waals surface area (Å²) in [7, 11) is 0. The fourth-order valence-electron chi connectivity index (χ4n) is 2.34. The van der Waals surface area contributed by atoms with Gasteiger partial charge >= 0.3 is 0 Å². The second-order valence-corrected chi connectivity index (χ2v) is 7.27. The number of aliphatic imine (C=N–C) groups is 1. The molecule has 0 aliphatic carbocycles. The Morgan fingerprint density at radius 3 is 2.50 bits per heavy atom. The standard InChI is InChI=1S/C19H36N4O2S/c1-5-8-12-24-14-15-25-13-11-22-19(20-7-3)21-10-9-18-23-17(6-2)16(4)26-18/h5-15H2,1-4H3,(H2,20,21,22). The molecule has 0 aromatic carbocycles. The normalized spacial score (nSPS) is 11.8. The van der Waals surface area contributed by atoms with Gasteiger partial charge in [0.1, 0.15) is 0 Å². The first-order chi connectivity index (χ1) is 12.7. The number of guanidine groups is 1. The lowest BCUT2D eigenvalue weighted by atomic mass is 10.3. The van der Waals surface area contributed by atoms with Gasteiger partial charge in [-0.1, -0.05) is 20.3 Å². The highest BCUT2D eigenvalue weighted by molar-refractivity contribution is 7.11. The van der Waals surface area contributed by atoms with E-state index >= 15 is 0 Å². The Balaban J connectivity index is 2.19. The lowest BCUT2D eigenvalue weighted by molar-refractivity contribution is 0.0497. The summed E-state index contributed by atoms with van der Waals surface area (Å²) < 4.78 is 11.0. The quantitative estimate of drug-likeness (QED) is 0.293. The summed E-state index contributed by atoms with van der Waals surface area (Å²) in [4.78, 5) is 10.6. The van der Waals surface area contributed by atoms with Crippen molar-refractivity contribution in [3.05, 3.63) is 15.6 Å². The number of aryl methyl sites for hydroxylation is 2. The van der Waals surface area contributed by atoms with Gasteiger partial charge in [-0.05, 0) is 26.7 Å². The summed E-state index contributed by atoms with van der Waals surface area (Å²) >= 11 is 1.79. The minimum Gasteiger partial charge on any atom is -0.379 e. The number of hydrogen-bond acceptors (Lipinski definition) is 5. The molecular formula is C19H36N4O2S. The number of ether oxygens (including phenoxy) is 2. The highest BCUT2D eigenvalue weighted by Gasteiger charge is 2.06. The van der Waals surface area contributed by atoms with Crippen molar-refractivity contribution >= 4 is 17.3 Å². The number of hydrogen-bond donors (Lipinski definition) is 2. The van der Waals surface area contributed by atoms with Gasteiger partial charge in [0.25, 0.3) is 0 Å². The van der Waals surface area contributed by atoms with Gasteiger partial charge in [-0.2, -0.15) is 0 Å². The molecule has 1 aromatic rings. The molecule has 0 aliphatic heterocycles. The molecule has 0 bridgehead atoms. The van der Waals surface area contributed by atoms with Crippen LogP contribution in [-0.4, -0.2) is 57.0 Å². The molecule has 1 aromatic heterocycles. The number of nitrogens with one attached hydrogen (secondary N) is 2. The van der Waals surface area contributed by atoms with Crippen molar-refractivity contribution in [2.75, 3.05) is 46.1 Å². The van der Waals surface area contributed by atoms with Gasteiger partial charge in [0.05, 0.1) is 37.1 Å². The maximum atomic E-state index is 5.55. The van der Waals surface area contributed by atoms with E-state index in [1.165, 1.54) is 15.6 Å². The molecule has 0 aliphatic rings. The molecule has 1 heterocycles. The minimum absolute atomic E-state index is 0.610. The number of thiazole rings is 1. The topological polar surface area (TPSA) is 67.8 Å². The first-order valence-corrected chi connectivity index (χ1v) is 10.7. The van der Waals surface area contributed by atoms with E-state index in [1.807, 2.05) is 0 Å². The smallest absolute Gasteiger partial charge is 0.191 e. The van der Waals surface area contributed by atoms with Gasteiger partial charge in [-0.3, -0.25) is 4.99 Å². The summed E-state index contributed by atoms with van der Waals surface area (Å²) in [5, 5.41) is 7.82. The molecule has 0 radical (unpaired) electrons. The van der Waals surface area contributed by atoms with Gasteiger partial charge in [0, 0.05) is 31.0 Å². The zero-order chi connectivity index (χ0) is 19.0. The summed E-state index contributed by atoms with van der Waals surface area (Å²) in [6.45, 7) is 13.6. The second kappa shape index (κ2) is 14.9. The monoisotopic (exact) mass is 384 g/mol. The lowest BCUT2D eigenvalue weighted by Gasteiger charge is -2.10. The molecule has 7 heteroatoms. The Labute approximate surface area is 162 Å². The molecule has 1 rings (SSSR count). The van der Waals surface area contributed by atoms with E-state index < -0.39 is 0 Å². The number of rotatable bonds is 14. The highest BCUT2D eigenvalue weighted by atomic mass is 32.1. The van der Waals surface area contributed by atoms with Crippen LogP contribution < -0.4 is 10.6 Å². The van der Waals surface area contributed by atoms with Crippen LogP contribution >= 0.6 is 11.3 Å². The van der Waals surface area contributed by atoms with Crippen LogP contribution in [0.1, 0.15) is 49.2 Å². The minimum atomic E-state index is 0.610. The predicted octanol–water partition coefficient (Wildman–Crippen LogP) is 2.94. The van der Waals surface area contributed by atoms with Crippen molar-refractivity contribution in [1.29, 1.82) is 0 Å². The van der Waals surface area contributed by atoms with Gasteiger partial charge in [0.15, 0.2) is 5.96 Å². The van der Waals surface area contributed by atoms with Gasteiger partial charge in [0.2, 0.25) is 0 Å². The van der Waals surface area contributed by atoms with Crippen molar-refractivity contribution in [3.8, 4) is 0 Å². The van der Waals surface area contributed by atoms with Crippen molar-refractivity contribution in [2.24, 2.45) is 4.99 Å². The third-order valence-electron chi connectivity index (χ3n) is 3.77. The van der Waals surface area contributed by atoms with E-state index in [-0.39, 0.29) is 0 Å². The SMILES string of the molecule is CCCCOCCOCCN=C(NCC)NCCc1nc(CC)c(C)s1. The Bertz CT molecular complexity index is 506. The number of nitrogens with zero attached hydrogens (tertiary/aromatic N) is 2. The molecule has 2 N–H and O–H groups in total.